The van der Waals surface area contributed by atoms with Crippen LogP contribution >= 0.6 is 0 Å². The summed E-state index contributed by atoms with van der Waals surface area (Å²) in [5.41, 5.74) is 0. The van der Waals surface area contributed by atoms with E-state index in [-0.39, 0.29) is 0 Å². The highest BCUT2D eigenvalue weighted by Crippen LogP contribution is 2.17. The molecule has 0 spiro atoms. The van der Waals surface area contributed by atoms with Crippen LogP contribution in [0.3, 0.4) is 0 Å². The zero-order chi connectivity index (χ0) is 21.3. The molecule has 0 heterocycles. The molecular formula is C29H54. The first kappa shape index (κ1) is 28.6. The van der Waals surface area contributed by atoms with Gasteiger partial charge in [-0.3, -0.25) is 0 Å². The minimum absolute atomic E-state index is 0.922. The molecule has 0 aromatic rings. The molecule has 0 fully saturated rings. The van der Waals surface area contributed by atoms with Crippen LogP contribution in [0.5, 0.6) is 0 Å². The molecule has 0 aromatic carbocycles. The summed E-state index contributed by atoms with van der Waals surface area (Å²) < 4.78 is 0. The van der Waals surface area contributed by atoms with E-state index in [1.165, 1.54) is 122 Å². The van der Waals surface area contributed by atoms with Crippen LogP contribution in [-0.4, -0.2) is 0 Å². The topological polar surface area (TPSA) is 0 Å². The van der Waals surface area contributed by atoms with Crippen LogP contribution in [0.4, 0.5) is 0 Å². The quantitative estimate of drug-likeness (QED) is 0.125. The molecule has 29 heavy (non-hydrogen) atoms. The van der Waals surface area contributed by atoms with Gasteiger partial charge in [0.2, 0.25) is 0 Å². The Morgan fingerprint density at radius 3 is 1.21 bits per heavy atom. The van der Waals surface area contributed by atoms with Crippen LogP contribution in [0.15, 0.2) is 0 Å². The fourth-order valence-electron chi connectivity index (χ4n) is 4.03. The van der Waals surface area contributed by atoms with E-state index in [0.717, 1.165) is 31.6 Å². The van der Waals surface area contributed by atoms with Gasteiger partial charge in [0.25, 0.3) is 0 Å². The number of hydrogen-bond donors (Lipinski definition) is 0. The van der Waals surface area contributed by atoms with E-state index in [2.05, 4.69) is 32.6 Å². The van der Waals surface area contributed by atoms with Gasteiger partial charge in [0.05, 0.1) is 0 Å². The lowest BCUT2D eigenvalue weighted by molar-refractivity contribution is 0.438. The standard InChI is InChI=1S/C29H54/c1-4-6-8-9-10-11-12-13-14-15-16-17-18-19-20-21-22-23-24-26-28-29(3)27-25-7-5-2/h29H,1-2,4-16,19-28H2,3H3. The van der Waals surface area contributed by atoms with E-state index < -0.39 is 0 Å². The Bertz CT molecular complexity index is 345. The van der Waals surface area contributed by atoms with Gasteiger partial charge in [0.1, 0.15) is 0 Å². The van der Waals surface area contributed by atoms with Crippen LogP contribution in [-0.2, 0) is 0 Å². The minimum Gasteiger partial charge on any atom is -0.103 e. The summed E-state index contributed by atoms with van der Waals surface area (Å²) in [5, 5.41) is 0. The molecule has 0 bridgehead atoms. The lowest BCUT2D eigenvalue weighted by Gasteiger charge is -2.10. The third kappa shape index (κ3) is 25.5. The fraction of sp³-hybridized carbons (Fsp3) is 0.862. The van der Waals surface area contributed by atoms with Crippen molar-refractivity contribution in [3.05, 3.63) is 13.8 Å². The van der Waals surface area contributed by atoms with E-state index in [0.29, 0.717) is 0 Å². The Kier molecular flexibility index (Phi) is 25.2. The van der Waals surface area contributed by atoms with Crippen molar-refractivity contribution < 1.29 is 0 Å². The second-order valence-electron chi connectivity index (χ2n) is 9.25. The fourth-order valence-corrected chi connectivity index (χ4v) is 4.03. The molecule has 1 atom stereocenters. The van der Waals surface area contributed by atoms with Gasteiger partial charge in [0.15, 0.2) is 0 Å². The summed E-state index contributed by atoms with van der Waals surface area (Å²) in [5.74, 6) is 7.71. The SMILES string of the molecule is [CH2]CCCCCCCCCCCC#CCCCCCCCCC(C)CCCC[CH2]. The van der Waals surface area contributed by atoms with Gasteiger partial charge in [-0.05, 0) is 18.8 Å². The first-order valence-electron chi connectivity index (χ1n) is 13.4. The van der Waals surface area contributed by atoms with Crippen molar-refractivity contribution in [3.8, 4) is 11.8 Å². The van der Waals surface area contributed by atoms with Gasteiger partial charge >= 0.3 is 0 Å². The van der Waals surface area contributed by atoms with E-state index in [1.54, 1.807) is 0 Å². The van der Waals surface area contributed by atoms with Crippen molar-refractivity contribution in [2.45, 2.75) is 155 Å². The van der Waals surface area contributed by atoms with Crippen LogP contribution in [0.25, 0.3) is 0 Å². The summed E-state index contributed by atoms with van der Waals surface area (Å²) in [6, 6.07) is 0. The summed E-state index contributed by atoms with van der Waals surface area (Å²) in [6.45, 7) is 10.3. The van der Waals surface area contributed by atoms with Crippen LogP contribution in [0.2, 0.25) is 0 Å². The van der Waals surface area contributed by atoms with Crippen molar-refractivity contribution >= 4 is 0 Å². The van der Waals surface area contributed by atoms with Gasteiger partial charge < -0.3 is 0 Å². The maximum Gasteiger partial charge on any atom is 0.00886 e. The van der Waals surface area contributed by atoms with Gasteiger partial charge in [-0.25, -0.2) is 0 Å². The second kappa shape index (κ2) is 25.6. The molecule has 0 aliphatic rings. The third-order valence-electron chi connectivity index (χ3n) is 6.12. The van der Waals surface area contributed by atoms with Crippen molar-refractivity contribution in [2.24, 2.45) is 5.92 Å². The molecule has 2 radical (unpaired) electrons. The molecule has 0 saturated heterocycles. The molecule has 0 heteroatoms. The Hall–Kier alpha value is -0.440. The molecule has 0 aliphatic heterocycles. The number of unbranched alkanes of at least 4 members (excludes halogenated alkanes) is 18. The highest BCUT2D eigenvalue weighted by molar-refractivity contribution is 4.98. The summed E-state index contributed by atoms with van der Waals surface area (Å²) in [6.07, 6.45) is 30.9. The van der Waals surface area contributed by atoms with Crippen LogP contribution < -0.4 is 0 Å². The average molecular weight is 403 g/mol. The largest absolute Gasteiger partial charge is 0.103 e. The van der Waals surface area contributed by atoms with Crippen molar-refractivity contribution in [3.63, 3.8) is 0 Å². The predicted molar refractivity (Wildman–Crippen MR) is 134 cm³/mol. The molecule has 0 aromatic heterocycles. The predicted octanol–water partition coefficient (Wildman–Crippen LogP) is 10.3. The summed E-state index contributed by atoms with van der Waals surface area (Å²) in [4.78, 5) is 0. The van der Waals surface area contributed by atoms with E-state index in [9.17, 15) is 0 Å². The zero-order valence-corrected chi connectivity index (χ0v) is 20.3. The van der Waals surface area contributed by atoms with E-state index >= 15 is 0 Å². The summed E-state index contributed by atoms with van der Waals surface area (Å²) in [7, 11) is 0. The molecule has 0 amide bonds. The molecule has 0 nitrogen and oxygen atoms in total. The average Bonchev–Trinajstić information content (AvgIpc) is 2.72. The van der Waals surface area contributed by atoms with Gasteiger partial charge in [-0.1, -0.05) is 143 Å². The Morgan fingerprint density at radius 1 is 0.448 bits per heavy atom. The Morgan fingerprint density at radius 2 is 0.759 bits per heavy atom. The minimum atomic E-state index is 0.922. The number of hydrogen-bond acceptors (Lipinski definition) is 0. The normalized spacial score (nSPS) is 12.0. The highest BCUT2D eigenvalue weighted by Gasteiger charge is 2.01. The van der Waals surface area contributed by atoms with E-state index in [4.69, 9.17) is 0 Å². The van der Waals surface area contributed by atoms with Crippen molar-refractivity contribution in [1.29, 1.82) is 0 Å². The van der Waals surface area contributed by atoms with Crippen LogP contribution in [0.1, 0.15) is 155 Å². The smallest absolute Gasteiger partial charge is 0.00886 e. The van der Waals surface area contributed by atoms with Gasteiger partial charge in [-0.15, -0.1) is 11.8 Å². The molecule has 0 aliphatic carbocycles. The zero-order valence-electron chi connectivity index (χ0n) is 20.3. The number of rotatable bonds is 22. The summed E-state index contributed by atoms with van der Waals surface area (Å²) >= 11 is 0. The van der Waals surface area contributed by atoms with Gasteiger partial charge in [-0.2, -0.15) is 0 Å². The maximum absolute atomic E-state index is 3.93. The lowest BCUT2D eigenvalue weighted by atomic mass is 9.96. The molecular weight excluding hydrogens is 348 g/mol. The Balaban J connectivity index is 3.17. The lowest BCUT2D eigenvalue weighted by Crippen LogP contribution is -1.94. The van der Waals surface area contributed by atoms with Gasteiger partial charge in [0, 0.05) is 12.8 Å². The maximum atomic E-state index is 3.93. The molecule has 170 valence electrons. The molecule has 0 N–H and O–H groups in total. The first-order valence-corrected chi connectivity index (χ1v) is 13.4. The molecule has 0 saturated carbocycles. The van der Waals surface area contributed by atoms with E-state index in [1.807, 2.05) is 0 Å². The molecule has 0 rings (SSSR count). The third-order valence-corrected chi connectivity index (χ3v) is 6.12. The highest BCUT2D eigenvalue weighted by atomic mass is 14.1. The first-order chi connectivity index (χ1) is 14.3. The second-order valence-corrected chi connectivity index (χ2v) is 9.25. The van der Waals surface area contributed by atoms with Crippen LogP contribution in [0, 0.1) is 31.6 Å². The Labute approximate surface area is 186 Å². The van der Waals surface area contributed by atoms with Crippen molar-refractivity contribution in [1.82, 2.24) is 0 Å². The molecule has 1 unspecified atom stereocenters. The monoisotopic (exact) mass is 402 g/mol. The van der Waals surface area contributed by atoms with Crippen molar-refractivity contribution in [2.75, 3.05) is 0 Å².